The van der Waals surface area contributed by atoms with Gasteiger partial charge in [-0.3, -0.25) is 0 Å². The van der Waals surface area contributed by atoms with Gasteiger partial charge in [0.1, 0.15) is 0 Å². The molecule has 0 radical (unpaired) electrons. The van der Waals surface area contributed by atoms with Crippen molar-refractivity contribution in [3.05, 3.63) is 0 Å². The summed E-state index contributed by atoms with van der Waals surface area (Å²) in [6.45, 7) is 3.87. The zero-order chi connectivity index (χ0) is 7.28. The van der Waals surface area contributed by atoms with Crippen LogP contribution in [0.1, 0.15) is 20.3 Å². The van der Waals surface area contributed by atoms with Crippen molar-refractivity contribution in [1.82, 2.24) is 0 Å². The van der Waals surface area contributed by atoms with Crippen LogP contribution in [0.3, 0.4) is 0 Å². The lowest BCUT2D eigenvalue weighted by Gasteiger charge is -2.07. The molecule has 9 heavy (non-hydrogen) atoms. The molecule has 0 aliphatic rings. The van der Waals surface area contributed by atoms with Crippen molar-refractivity contribution in [3.8, 4) is 0 Å². The van der Waals surface area contributed by atoms with Crippen LogP contribution in [0, 0.1) is 0 Å². The average molecular weight is 148 g/mol. The van der Waals surface area contributed by atoms with Crippen LogP contribution in [0.5, 0.6) is 0 Å². The summed E-state index contributed by atoms with van der Waals surface area (Å²) in [6, 6.07) is 0. The molecule has 0 aromatic heterocycles. The Balaban J connectivity index is 3.34. The number of rotatable bonds is 2. The van der Waals surface area contributed by atoms with E-state index in [1.54, 1.807) is 6.26 Å². The van der Waals surface area contributed by atoms with Gasteiger partial charge < -0.3 is 4.74 Å². The van der Waals surface area contributed by atoms with Gasteiger partial charge in [0.25, 0.3) is 0 Å². The summed E-state index contributed by atoms with van der Waals surface area (Å²) >= 11 is 1.11. The van der Waals surface area contributed by atoms with E-state index in [0.717, 1.165) is 18.2 Å². The van der Waals surface area contributed by atoms with Gasteiger partial charge in [-0.2, -0.15) is 0 Å². The maximum atomic E-state index is 10.5. The normalized spacial score (nSPS) is 12.8. The van der Waals surface area contributed by atoms with Crippen molar-refractivity contribution >= 4 is 17.1 Å². The predicted octanol–water partition coefficient (Wildman–Crippen LogP) is 2.28. The molecule has 0 heterocycles. The molecule has 0 aliphatic carbocycles. The number of ether oxygens (including phenoxy) is 1. The molecule has 0 spiro atoms. The van der Waals surface area contributed by atoms with Crippen LogP contribution in [-0.4, -0.2) is 17.7 Å². The fourth-order valence-electron chi connectivity index (χ4n) is 0.296. The average Bonchev–Trinajstić information content (AvgIpc) is 1.87. The van der Waals surface area contributed by atoms with Gasteiger partial charge in [-0.05, 0) is 31.4 Å². The van der Waals surface area contributed by atoms with Gasteiger partial charge >= 0.3 is 5.30 Å². The van der Waals surface area contributed by atoms with E-state index < -0.39 is 0 Å². The molecule has 1 atom stereocenters. The Morgan fingerprint density at radius 3 is 2.67 bits per heavy atom. The van der Waals surface area contributed by atoms with E-state index in [-0.39, 0.29) is 11.4 Å². The summed E-state index contributed by atoms with van der Waals surface area (Å²) in [5.74, 6) is 0. The molecule has 0 aromatic rings. The maximum absolute atomic E-state index is 10.5. The van der Waals surface area contributed by atoms with Gasteiger partial charge in [0.15, 0.2) is 0 Å². The fourth-order valence-corrected chi connectivity index (χ4v) is 0.556. The first kappa shape index (κ1) is 8.82. The third-order valence-corrected chi connectivity index (χ3v) is 1.47. The van der Waals surface area contributed by atoms with E-state index >= 15 is 0 Å². The Kier molecular flexibility index (Phi) is 4.58. The monoisotopic (exact) mass is 148 g/mol. The van der Waals surface area contributed by atoms with Gasteiger partial charge in [-0.15, -0.1) is 0 Å². The molecule has 0 rings (SSSR count). The molecule has 54 valence electrons. The lowest BCUT2D eigenvalue weighted by molar-refractivity contribution is 0.131. The molecule has 2 nitrogen and oxygen atoms in total. The predicted molar refractivity (Wildman–Crippen MR) is 39.7 cm³/mol. The summed E-state index contributed by atoms with van der Waals surface area (Å²) in [6.07, 6.45) is 2.65. The minimum absolute atomic E-state index is 0.0601. The Bertz CT molecular complexity index is 93.1. The molecule has 0 bridgehead atoms. The highest BCUT2D eigenvalue weighted by Crippen LogP contribution is 2.04. The summed E-state index contributed by atoms with van der Waals surface area (Å²) in [5.41, 5.74) is 0. The number of thioether (sulfide) groups is 1. The maximum Gasteiger partial charge on any atom is 0.367 e. The van der Waals surface area contributed by atoms with E-state index in [9.17, 15) is 4.79 Å². The molecular formula is C6H12O2S. The highest BCUT2D eigenvalue weighted by Gasteiger charge is 2.03. The van der Waals surface area contributed by atoms with E-state index in [2.05, 4.69) is 0 Å². The molecule has 0 amide bonds. The van der Waals surface area contributed by atoms with Crippen LogP contribution in [0.25, 0.3) is 0 Å². The van der Waals surface area contributed by atoms with Crippen LogP contribution in [-0.2, 0) is 4.74 Å². The standard InChI is InChI=1S/C6H12O2S/c1-4-5(2)8-6(7)9-3/h5H,4H2,1-3H3. The molecule has 0 N–H and O–H groups in total. The van der Waals surface area contributed by atoms with Gasteiger partial charge in [0, 0.05) is 0 Å². The molecule has 3 heteroatoms. The van der Waals surface area contributed by atoms with Crippen LogP contribution >= 0.6 is 11.8 Å². The number of carbonyl (C=O) groups is 1. The Labute approximate surface area is 60.0 Å². The smallest absolute Gasteiger partial charge is 0.367 e. The largest absolute Gasteiger partial charge is 0.455 e. The first-order valence-electron chi connectivity index (χ1n) is 2.95. The third-order valence-electron chi connectivity index (χ3n) is 1.04. The van der Waals surface area contributed by atoms with Crippen molar-refractivity contribution in [1.29, 1.82) is 0 Å². The van der Waals surface area contributed by atoms with E-state index in [0.29, 0.717) is 0 Å². The summed E-state index contributed by atoms with van der Waals surface area (Å²) in [7, 11) is 0. The van der Waals surface area contributed by atoms with Gasteiger partial charge in [0.05, 0.1) is 6.10 Å². The SMILES string of the molecule is CCC(C)OC(=O)SC. The second kappa shape index (κ2) is 4.68. The quantitative estimate of drug-likeness (QED) is 0.562. The number of hydrogen-bond acceptors (Lipinski definition) is 3. The highest BCUT2D eigenvalue weighted by atomic mass is 32.2. The van der Waals surface area contributed by atoms with Crippen molar-refractivity contribution in [3.63, 3.8) is 0 Å². The van der Waals surface area contributed by atoms with Crippen LogP contribution in [0.4, 0.5) is 4.79 Å². The molecule has 0 saturated heterocycles. The second-order valence-corrected chi connectivity index (χ2v) is 2.53. The minimum atomic E-state index is -0.190. The van der Waals surface area contributed by atoms with E-state index in [1.165, 1.54) is 0 Å². The van der Waals surface area contributed by atoms with Gasteiger partial charge in [0.2, 0.25) is 0 Å². The molecule has 0 aliphatic heterocycles. The molecule has 1 unspecified atom stereocenters. The highest BCUT2D eigenvalue weighted by molar-refractivity contribution is 8.12. The van der Waals surface area contributed by atoms with Crippen molar-refractivity contribution in [2.24, 2.45) is 0 Å². The van der Waals surface area contributed by atoms with E-state index in [4.69, 9.17) is 4.74 Å². The fraction of sp³-hybridized carbons (Fsp3) is 0.833. The Morgan fingerprint density at radius 2 is 2.33 bits per heavy atom. The second-order valence-electron chi connectivity index (χ2n) is 1.79. The topological polar surface area (TPSA) is 26.3 Å². The number of hydrogen-bond donors (Lipinski definition) is 0. The zero-order valence-electron chi connectivity index (χ0n) is 6.01. The summed E-state index contributed by atoms with van der Waals surface area (Å²) in [5, 5.41) is -0.190. The van der Waals surface area contributed by atoms with Crippen molar-refractivity contribution in [2.75, 3.05) is 6.26 Å². The summed E-state index contributed by atoms with van der Waals surface area (Å²) < 4.78 is 4.87. The Morgan fingerprint density at radius 1 is 1.78 bits per heavy atom. The van der Waals surface area contributed by atoms with Crippen molar-refractivity contribution < 1.29 is 9.53 Å². The van der Waals surface area contributed by atoms with Crippen LogP contribution in [0.2, 0.25) is 0 Å². The number of carbonyl (C=O) groups excluding carboxylic acids is 1. The lowest BCUT2D eigenvalue weighted by atomic mass is 10.3. The van der Waals surface area contributed by atoms with Crippen molar-refractivity contribution in [2.45, 2.75) is 26.4 Å². The summed E-state index contributed by atoms with van der Waals surface area (Å²) in [4.78, 5) is 10.5. The zero-order valence-corrected chi connectivity index (χ0v) is 6.83. The Hall–Kier alpha value is -0.180. The third kappa shape index (κ3) is 4.33. The van der Waals surface area contributed by atoms with Gasteiger partial charge in [-0.1, -0.05) is 6.92 Å². The van der Waals surface area contributed by atoms with Crippen LogP contribution < -0.4 is 0 Å². The first-order valence-corrected chi connectivity index (χ1v) is 4.17. The molecular weight excluding hydrogens is 136 g/mol. The minimum Gasteiger partial charge on any atom is -0.455 e. The van der Waals surface area contributed by atoms with Gasteiger partial charge in [-0.25, -0.2) is 4.79 Å². The lowest BCUT2D eigenvalue weighted by Crippen LogP contribution is -2.08. The molecule has 0 aromatic carbocycles. The van der Waals surface area contributed by atoms with E-state index in [1.807, 2.05) is 13.8 Å². The van der Waals surface area contributed by atoms with Crippen LogP contribution in [0.15, 0.2) is 0 Å². The molecule has 0 fully saturated rings. The first-order chi connectivity index (χ1) is 4.20. The molecule has 0 saturated carbocycles.